The summed E-state index contributed by atoms with van der Waals surface area (Å²) in [6, 6.07) is 12.2. The van der Waals surface area contributed by atoms with Crippen LogP contribution in [0.4, 0.5) is 5.69 Å². The van der Waals surface area contributed by atoms with Crippen LogP contribution in [0.15, 0.2) is 48.8 Å². The predicted octanol–water partition coefficient (Wildman–Crippen LogP) is 4.61. The lowest BCUT2D eigenvalue weighted by Crippen LogP contribution is -2.11. The Hall–Kier alpha value is -2.33. The van der Waals surface area contributed by atoms with Crippen molar-refractivity contribution >= 4 is 17.3 Å². The van der Waals surface area contributed by atoms with E-state index in [0.717, 1.165) is 28.3 Å². The van der Waals surface area contributed by atoms with Crippen molar-refractivity contribution in [2.24, 2.45) is 0 Å². The molecule has 0 bridgehead atoms. The largest absolute Gasteiger partial charge is 0.382 e. The Morgan fingerprint density at radius 2 is 1.86 bits per heavy atom. The first-order valence-corrected chi connectivity index (χ1v) is 7.54. The second kappa shape index (κ2) is 6.20. The number of nitrogens with one attached hydrogen (secondary N) is 2. The maximum absolute atomic E-state index is 6.01. The van der Waals surface area contributed by atoms with Gasteiger partial charge in [0.15, 0.2) is 0 Å². The van der Waals surface area contributed by atoms with Gasteiger partial charge < -0.3 is 10.3 Å². The van der Waals surface area contributed by atoms with Crippen LogP contribution in [-0.4, -0.2) is 21.0 Å². The minimum absolute atomic E-state index is 0.292. The molecule has 0 saturated carbocycles. The van der Waals surface area contributed by atoms with Crippen LogP contribution in [0.25, 0.3) is 22.6 Å². The number of imidazole rings is 1. The Morgan fingerprint density at radius 3 is 2.59 bits per heavy atom. The lowest BCUT2D eigenvalue weighted by molar-refractivity contribution is 0.899. The molecule has 2 aromatic heterocycles. The van der Waals surface area contributed by atoms with E-state index in [2.05, 4.69) is 34.1 Å². The summed E-state index contributed by atoms with van der Waals surface area (Å²) >= 11 is 6.01. The van der Waals surface area contributed by atoms with Crippen LogP contribution in [0, 0.1) is 0 Å². The molecule has 0 fully saturated rings. The second-order valence-electron chi connectivity index (χ2n) is 5.36. The van der Waals surface area contributed by atoms with E-state index in [1.165, 1.54) is 0 Å². The monoisotopic (exact) mass is 312 g/mol. The van der Waals surface area contributed by atoms with Gasteiger partial charge in [0.25, 0.3) is 0 Å². The van der Waals surface area contributed by atoms with Crippen LogP contribution in [0.2, 0.25) is 5.15 Å². The molecular formula is C17H17ClN4. The van der Waals surface area contributed by atoms with Gasteiger partial charge in [-0.05, 0) is 25.5 Å². The first-order chi connectivity index (χ1) is 10.6. The quantitative estimate of drug-likeness (QED) is 0.692. The van der Waals surface area contributed by atoms with Crippen LogP contribution in [0.5, 0.6) is 0 Å². The highest BCUT2D eigenvalue weighted by molar-refractivity contribution is 6.29. The highest BCUT2D eigenvalue weighted by atomic mass is 35.5. The number of aromatic nitrogens is 3. The molecular weight excluding hydrogens is 296 g/mol. The summed E-state index contributed by atoms with van der Waals surface area (Å²) in [6.45, 7) is 4.16. The number of anilines is 1. The molecule has 0 radical (unpaired) electrons. The fraction of sp³-hybridized carbons (Fsp3) is 0.176. The third-order valence-electron chi connectivity index (χ3n) is 3.23. The number of rotatable bonds is 4. The number of benzene rings is 1. The minimum atomic E-state index is 0.292. The Morgan fingerprint density at radius 1 is 1.09 bits per heavy atom. The van der Waals surface area contributed by atoms with E-state index < -0.39 is 0 Å². The zero-order chi connectivity index (χ0) is 15.5. The summed E-state index contributed by atoms with van der Waals surface area (Å²) in [5.74, 6) is 0.770. The topological polar surface area (TPSA) is 53.6 Å². The van der Waals surface area contributed by atoms with E-state index in [1.807, 2.05) is 42.6 Å². The van der Waals surface area contributed by atoms with Crippen LogP contribution in [-0.2, 0) is 0 Å². The normalized spacial score (nSPS) is 10.9. The van der Waals surface area contributed by atoms with Crippen molar-refractivity contribution in [2.75, 3.05) is 5.32 Å². The summed E-state index contributed by atoms with van der Waals surface area (Å²) in [4.78, 5) is 12.0. The molecule has 22 heavy (non-hydrogen) atoms. The molecule has 0 atom stereocenters. The molecule has 0 aliphatic carbocycles. The fourth-order valence-electron chi connectivity index (χ4n) is 2.27. The van der Waals surface area contributed by atoms with Gasteiger partial charge in [-0.15, -0.1) is 0 Å². The molecule has 2 N–H and O–H groups in total. The van der Waals surface area contributed by atoms with Crippen molar-refractivity contribution in [1.82, 2.24) is 15.0 Å². The minimum Gasteiger partial charge on any atom is -0.382 e. The molecule has 1 aromatic carbocycles. The number of hydrogen-bond acceptors (Lipinski definition) is 3. The van der Waals surface area contributed by atoms with Crippen molar-refractivity contribution in [2.45, 2.75) is 19.9 Å². The van der Waals surface area contributed by atoms with Gasteiger partial charge in [0.05, 0.1) is 17.5 Å². The van der Waals surface area contributed by atoms with E-state index in [-0.39, 0.29) is 0 Å². The summed E-state index contributed by atoms with van der Waals surface area (Å²) < 4.78 is 0. The van der Waals surface area contributed by atoms with Gasteiger partial charge in [-0.25, -0.2) is 9.97 Å². The number of hydrogen-bond donors (Lipinski definition) is 2. The maximum Gasteiger partial charge on any atom is 0.141 e. The second-order valence-corrected chi connectivity index (χ2v) is 5.75. The molecule has 0 unspecified atom stereocenters. The average molecular weight is 313 g/mol. The molecule has 0 aliphatic rings. The van der Waals surface area contributed by atoms with Crippen molar-refractivity contribution in [3.8, 4) is 22.6 Å². The van der Waals surface area contributed by atoms with Crippen molar-refractivity contribution in [1.29, 1.82) is 0 Å². The molecule has 3 rings (SSSR count). The molecule has 3 aromatic rings. The van der Waals surface area contributed by atoms with E-state index in [9.17, 15) is 0 Å². The first-order valence-electron chi connectivity index (χ1n) is 7.16. The van der Waals surface area contributed by atoms with Crippen molar-refractivity contribution in [3.63, 3.8) is 0 Å². The molecule has 0 spiro atoms. The van der Waals surface area contributed by atoms with Crippen molar-refractivity contribution < 1.29 is 0 Å². The molecule has 2 heterocycles. The average Bonchev–Trinajstić information content (AvgIpc) is 2.97. The Balaban J connectivity index is 2.00. The van der Waals surface area contributed by atoms with E-state index in [4.69, 9.17) is 11.6 Å². The van der Waals surface area contributed by atoms with Crippen molar-refractivity contribution in [3.05, 3.63) is 53.9 Å². The Kier molecular flexibility index (Phi) is 4.11. The lowest BCUT2D eigenvalue weighted by Gasteiger charge is -2.13. The molecule has 4 nitrogen and oxygen atoms in total. The standard InChI is InChI=1S/C17H17ClN4/c1-11(2)21-14-8-16(18)19-9-13(14)17-20-10-15(22-17)12-6-4-3-5-7-12/h3-11H,1-2H3,(H,19,21)(H,20,22). The zero-order valence-corrected chi connectivity index (χ0v) is 13.2. The van der Waals surface area contributed by atoms with Crippen LogP contribution < -0.4 is 5.32 Å². The molecule has 0 aliphatic heterocycles. The Bertz CT molecular complexity index is 765. The SMILES string of the molecule is CC(C)Nc1cc(Cl)ncc1-c1ncc(-c2ccccc2)[nH]1. The summed E-state index contributed by atoms with van der Waals surface area (Å²) in [6.07, 6.45) is 3.57. The number of nitrogens with zero attached hydrogens (tertiary/aromatic N) is 2. The van der Waals surface area contributed by atoms with Crippen LogP contribution in [0.3, 0.4) is 0 Å². The summed E-state index contributed by atoms with van der Waals surface area (Å²) in [5, 5.41) is 3.84. The smallest absolute Gasteiger partial charge is 0.141 e. The van der Waals surface area contributed by atoms with Gasteiger partial charge in [-0.2, -0.15) is 0 Å². The molecule has 0 saturated heterocycles. The zero-order valence-electron chi connectivity index (χ0n) is 12.5. The van der Waals surface area contributed by atoms with E-state index >= 15 is 0 Å². The molecule has 112 valence electrons. The van der Waals surface area contributed by atoms with Crippen LogP contribution >= 0.6 is 11.6 Å². The third kappa shape index (κ3) is 3.12. The fourth-order valence-corrected chi connectivity index (χ4v) is 2.43. The number of halogens is 1. The third-order valence-corrected chi connectivity index (χ3v) is 3.44. The highest BCUT2D eigenvalue weighted by Crippen LogP contribution is 2.29. The number of H-pyrrole nitrogens is 1. The summed E-state index contributed by atoms with van der Waals surface area (Å²) in [7, 11) is 0. The van der Waals surface area contributed by atoms with Crippen LogP contribution in [0.1, 0.15) is 13.8 Å². The Labute approximate surface area is 134 Å². The van der Waals surface area contributed by atoms with E-state index in [1.54, 1.807) is 6.20 Å². The maximum atomic E-state index is 6.01. The first kappa shape index (κ1) is 14.6. The van der Waals surface area contributed by atoms with Gasteiger partial charge in [-0.3, -0.25) is 0 Å². The number of aromatic amines is 1. The molecule has 0 amide bonds. The van der Waals surface area contributed by atoms with Gasteiger partial charge in [0.1, 0.15) is 11.0 Å². The van der Waals surface area contributed by atoms with Gasteiger partial charge in [0, 0.05) is 17.9 Å². The predicted molar refractivity (Wildman–Crippen MR) is 91.0 cm³/mol. The van der Waals surface area contributed by atoms with E-state index in [0.29, 0.717) is 11.2 Å². The van der Waals surface area contributed by atoms with Gasteiger partial charge >= 0.3 is 0 Å². The lowest BCUT2D eigenvalue weighted by atomic mass is 10.2. The summed E-state index contributed by atoms with van der Waals surface area (Å²) in [5.41, 5.74) is 3.90. The highest BCUT2D eigenvalue weighted by Gasteiger charge is 2.12. The number of pyridine rings is 1. The molecule has 5 heteroatoms. The van der Waals surface area contributed by atoms with Gasteiger partial charge in [0.2, 0.25) is 0 Å². The van der Waals surface area contributed by atoms with Gasteiger partial charge in [-0.1, -0.05) is 41.9 Å².